The van der Waals surface area contributed by atoms with Gasteiger partial charge in [0.05, 0.1) is 0 Å². The van der Waals surface area contributed by atoms with Crippen LogP contribution in [0.15, 0.2) is 30.6 Å². The van der Waals surface area contributed by atoms with Crippen molar-refractivity contribution >= 4 is 11.6 Å². The lowest BCUT2D eigenvalue weighted by molar-refractivity contribution is 0.746. The third-order valence-corrected chi connectivity index (χ3v) is 4.07. The molecule has 0 aliphatic carbocycles. The molecule has 1 aromatic carbocycles. The van der Waals surface area contributed by atoms with Gasteiger partial charge in [0, 0.05) is 18.7 Å². The molecule has 3 N–H and O–H groups in total. The summed E-state index contributed by atoms with van der Waals surface area (Å²) in [5.74, 6) is 7.29. The number of hydrogen-bond donors (Lipinski definition) is 2. The van der Waals surface area contributed by atoms with E-state index in [4.69, 9.17) is 5.84 Å². The molecule has 21 heavy (non-hydrogen) atoms. The summed E-state index contributed by atoms with van der Waals surface area (Å²) in [6.07, 6.45) is 4.70. The minimum absolute atomic E-state index is 0.722. The van der Waals surface area contributed by atoms with Gasteiger partial charge in [0.2, 0.25) is 0 Å². The Hall–Kier alpha value is -2.14. The van der Waals surface area contributed by atoms with E-state index in [2.05, 4.69) is 51.5 Å². The van der Waals surface area contributed by atoms with Gasteiger partial charge < -0.3 is 10.3 Å². The van der Waals surface area contributed by atoms with Crippen molar-refractivity contribution in [1.29, 1.82) is 0 Å². The van der Waals surface area contributed by atoms with Gasteiger partial charge in [-0.15, -0.1) is 0 Å². The predicted molar refractivity (Wildman–Crippen MR) is 85.0 cm³/mol. The molecule has 110 valence electrons. The van der Waals surface area contributed by atoms with E-state index < -0.39 is 0 Å². The van der Waals surface area contributed by atoms with Crippen molar-refractivity contribution in [3.05, 3.63) is 47.3 Å². The van der Waals surface area contributed by atoms with Crippen LogP contribution in [0.1, 0.15) is 30.0 Å². The molecule has 0 bridgehead atoms. The van der Waals surface area contributed by atoms with Crippen LogP contribution >= 0.6 is 0 Å². The number of aromatic nitrogens is 2. The van der Waals surface area contributed by atoms with Crippen LogP contribution in [0.5, 0.6) is 0 Å². The van der Waals surface area contributed by atoms with E-state index in [9.17, 15) is 0 Å². The summed E-state index contributed by atoms with van der Waals surface area (Å²) in [6, 6.07) is 8.66. The summed E-state index contributed by atoms with van der Waals surface area (Å²) in [4.78, 5) is 11.1. The van der Waals surface area contributed by atoms with Crippen molar-refractivity contribution in [3.8, 4) is 0 Å². The van der Waals surface area contributed by atoms with Gasteiger partial charge >= 0.3 is 0 Å². The number of aryl methyl sites for hydroxylation is 1. The Morgan fingerprint density at radius 1 is 1.24 bits per heavy atom. The largest absolute Gasteiger partial charge is 0.352 e. The van der Waals surface area contributed by atoms with E-state index in [1.165, 1.54) is 11.1 Å². The molecule has 2 heterocycles. The Labute approximate surface area is 125 Å². The highest BCUT2D eigenvalue weighted by Gasteiger charge is 2.19. The van der Waals surface area contributed by atoms with Crippen LogP contribution < -0.4 is 16.2 Å². The highest BCUT2D eigenvalue weighted by atomic mass is 15.3. The Balaban J connectivity index is 1.98. The highest BCUT2D eigenvalue weighted by Crippen LogP contribution is 2.28. The van der Waals surface area contributed by atoms with Crippen molar-refractivity contribution in [1.82, 2.24) is 9.97 Å². The summed E-state index contributed by atoms with van der Waals surface area (Å²) >= 11 is 0. The number of nitrogen functional groups attached to an aromatic ring is 1. The molecule has 0 radical (unpaired) electrons. The molecule has 0 saturated heterocycles. The minimum Gasteiger partial charge on any atom is -0.352 e. The normalized spacial score (nSPS) is 14.5. The predicted octanol–water partition coefficient (Wildman–Crippen LogP) is 2.28. The monoisotopic (exact) mass is 283 g/mol. The van der Waals surface area contributed by atoms with Gasteiger partial charge in [-0.05, 0) is 30.4 Å². The average Bonchev–Trinajstić information content (AvgIpc) is 2.76. The standard InChI is InChI=1S/C16H21N5/c1-2-14-15(20-17)18-11-19-16(14)21-9-5-8-12-6-3-4-7-13(12)10-21/h3-4,6-7,11H,2,5,8-10,17H2,1H3,(H,18,19,20). The number of hydrogen-bond acceptors (Lipinski definition) is 5. The number of fused-ring (bicyclic) bond motifs is 1. The summed E-state index contributed by atoms with van der Waals surface area (Å²) < 4.78 is 0. The third kappa shape index (κ3) is 2.69. The molecule has 1 aliphatic rings. The first-order valence-corrected chi connectivity index (χ1v) is 7.45. The maximum atomic E-state index is 5.57. The Kier molecular flexibility index (Phi) is 4.01. The van der Waals surface area contributed by atoms with Crippen molar-refractivity contribution < 1.29 is 0 Å². The maximum Gasteiger partial charge on any atom is 0.148 e. The van der Waals surface area contributed by atoms with Crippen molar-refractivity contribution in [3.63, 3.8) is 0 Å². The molecule has 0 atom stereocenters. The molecular weight excluding hydrogens is 262 g/mol. The number of hydrazine groups is 1. The van der Waals surface area contributed by atoms with Crippen molar-refractivity contribution in [2.24, 2.45) is 5.84 Å². The van der Waals surface area contributed by atoms with Crippen LogP contribution in [0.3, 0.4) is 0 Å². The Morgan fingerprint density at radius 2 is 2.05 bits per heavy atom. The number of anilines is 2. The van der Waals surface area contributed by atoms with E-state index in [-0.39, 0.29) is 0 Å². The topological polar surface area (TPSA) is 67.1 Å². The molecule has 5 nitrogen and oxygen atoms in total. The van der Waals surface area contributed by atoms with Gasteiger partial charge in [0.1, 0.15) is 18.0 Å². The molecular formula is C16H21N5. The molecule has 2 aromatic rings. The smallest absolute Gasteiger partial charge is 0.148 e. The zero-order valence-electron chi connectivity index (χ0n) is 12.3. The number of nitrogens with one attached hydrogen (secondary N) is 1. The lowest BCUT2D eigenvalue weighted by Gasteiger charge is -2.25. The molecule has 1 aromatic heterocycles. The molecule has 5 heteroatoms. The summed E-state index contributed by atoms with van der Waals surface area (Å²) in [5, 5.41) is 0. The quantitative estimate of drug-likeness (QED) is 0.668. The van der Waals surface area contributed by atoms with Crippen molar-refractivity contribution in [2.45, 2.75) is 32.7 Å². The first-order chi connectivity index (χ1) is 10.3. The van der Waals surface area contributed by atoms with Crippen LogP contribution in [0.25, 0.3) is 0 Å². The summed E-state index contributed by atoms with van der Waals surface area (Å²) in [6.45, 7) is 4.00. The van der Waals surface area contributed by atoms with E-state index in [1.807, 2.05) is 0 Å². The number of nitrogens with zero attached hydrogens (tertiary/aromatic N) is 3. The van der Waals surface area contributed by atoms with Gasteiger partial charge in [0.25, 0.3) is 0 Å². The summed E-state index contributed by atoms with van der Waals surface area (Å²) in [5.41, 5.74) is 6.60. The van der Waals surface area contributed by atoms with E-state index in [0.717, 1.165) is 49.6 Å². The van der Waals surface area contributed by atoms with Gasteiger partial charge in [-0.3, -0.25) is 0 Å². The third-order valence-electron chi connectivity index (χ3n) is 4.07. The van der Waals surface area contributed by atoms with E-state index >= 15 is 0 Å². The van der Waals surface area contributed by atoms with E-state index in [0.29, 0.717) is 0 Å². The fourth-order valence-corrected chi connectivity index (χ4v) is 3.01. The second-order valence-electron chi connectivity index (χ2n) is 5.32. The SMILES string of the molecule is CCc1c(NN)ncnc1N1CCCc2ccccc2C1. The van der Waals surface area contributed by atoms with Crippen LogP contribution in [0.2, 0.25) is 0 Å². The first kappa shape index (κ1) is 13.8. The lowest BCUT2D eigenvalue weighted by atomic mass is 10.0. The second-order valence-corrected chi connectivity index (χ2v) is 5.32. The maximum absolute atomic E-state index is 5.57. The Bertz CT molecular complexity index is 626. The molecule has 0 fully saturated rings. The van der Waals surface area contributed by atoms with Crippen LogP contribution in [-0.2, 0) is 19.4 Å². The second kappa shape index (κ2) is 6.10. The van der Waals surface area contributed by atoms with Gasteiger partial charge in [0.15, 0.2) is 0 Å². The average molecular weight is 283 g/mol. The van der Waals surface area contributed by atoms with Crippen LogP contribution in [0.4, 0.5) is 11.6 Å². The molecule has 1 aliphatic heterocycles. The number of rotatable bonds is 3. The fourth-order valence-electron chi connectivity index (χ4n) is 3.01. The van der Waals surface area contributed by atoms with Crippen LogP contribution in [-0.4, -0.2) is 16.5 Å². The fraction of sp³-hybridized carbons (Fsp3) is 0.375. The summed E-state index contributed by atoms with van der Waals surface area (Å²) in [7, 11) is 0. The molecule has 0 spiro atoms. The Morgan fingerprint density at radius 3 is 2.81 bits per heavy atom. The number of nitrogens with two attached hydrogens (primary N) is 1. The lowest BCUT2D eigenvalue weighted by Crippen LogP contribution is -2.26. The van der Waals surface area contributed by atoms with Crippen LogP contribution in [0, 0.1) is 0 Å². The van der Waals surface area contributed by atoms with Gasteiger partial charge in [-0.1, -0.05) is 31.2 Å². The molecule has 3 rings (SSSR count). The van der Waals surface area contributed by atoms with E-state index in [1.54, 1.807) is 6.33 Å². The molecule has 0 amide bonds. The minimum atomic E-state index is 0.722. The van der Waals surface area contributed by atoms with Crippen molar-refractivity contribution in [2.75, 3.05) is 16.9 Å². The highest BCUT2D eigenvalue weighted by molar-refractivity contribution is 5.58. The van der Waals surface area contributed by atoms with Gasteiger partial charge in [-0.2, -0.15) is 0 Å². The van der Waals surface area contributed by atoms with Gasteiger partial charge in [-0.25, -0.2) is 15.8 Å². The molecule has 0 saturated carbocycles. The molecule has 0 unspecified atom stereocenters. The number of benzene rings is 1. The zero-order valence-corrected chi connectivity index (χ0v) is 12.3. The first-order valence-electron chi connectivity index (χ1n) is 7.45. The zero-order chi connectivity index (χ0) is 14.7.